The molecule has 0 saturated carbocycles. The molecule has 0 heterocycles. The molecule has 2 aromatic rings. The topological polar surface area (TPSA) is 42.0 Å². The van der Waals surface area contributed by atoms with E-state index in [0.29, 0.717) is 45.9 Å². The summed E-state index contributed by atoms with van der Waals surface area (Å²) in [5, 5.41) is 0.919. The summed E-state index contributed by atoms with van der Waals surface area (Å²) in [5.41, 5.74) is 1.49. The first-order valence-electron chi connectivity index (χ1n) is 10.6. The standard InChI is InChI=1S/C25H32Cl2N2O3/c1-17(2)29(18(3)4)13-14-32-24-16-20(9-11-23(24)31-6)28(5)25(30)12-8-19-7-10-21(26)22(27)15-19/h7-12,15-18H,13-14H2,1-6H3. The van der Waals surface area contributed by atoms with Crippen molar-refractivity contribution < 1.29 is 14.3 Å². The zero-order valence-corrected chi connectivity index (χ0v) is 21.1. The highest BCUT2D eigenvalue weighted by atomic mass is 35.5. The number of hydrogen-bond acceptors (Lipinski definition) is 4. The van der Waals surface area contributed by atoms with E-state index < -0.39 is 0 Å². The van der Waals surface area contributed by atoms with Crippen molar-refractivity contribution in [2.75, 3.05) is 32.2 Å². The minimum absolute atomic E-state index is 0.182. The zero-order chi connectivity index (χ0) is 23.8. The molecule has 0 aliphatic carbocycles. The highest BCUT2D eigenvalue weighted by molar-refractivity contribution is 6.42. The van der Waals surface area contributed by atoms with E-state index in [1.165, 1.54) is 6.08 Å². The SMILES string of the molecule is COc1ccc(N(C)C(=O)C=Cc2ccc(Cl)c(Cl)c2)cc1OCCN(C(C)C)C(C)C. The van der Waals surface area contributed by atoms with Gasteiger partial charge < -0.3 is 14.4 Å². The number of anilines is 1. The van der Waals surface area contributed by atoms with Crippen molar-refractivity contribution >= 4 is 40.9 Å². The molecular formula is C25H32Cl2N2O3. The Hall–Kier alpha value is -2.21. The Bertz CT molecular complexity index is 937. The van der Waals surface area contributed by atoms with Crippen molar-refractivity contribution in [3.63, 3.8) is 0 Å². The van der Waals surface area contributed by atoms with E-state index in [0.717, 1.165) is 12.1 Å². The summed E-state index contributed by atoms with van der Waals surface area (Å²) in [5.74, 6) is 1.05. The van der Waals surface area contributed by atoms with Crippen LogP contribution in [0.4, 0.5) is 5.69 Å². The number of methoxy groups -OCH3 is 1. The number of likely N-dealkylation sites (N-methyl/N-ethyl adjacent to an activating group) is 1. The lowest BCUT2D eigenvalue weighted by Gasteiger charge is -2.30. The largest absolute Gasteiger partial charge is 0.493 e. The van der Waals surface area contributed by atoms with Crippen LogP contribution in [0.2, 0.25) is 10.0 Å². The average molecular weight is 479 g/mol. The van der Waals surface area contributed by atoms with Crippen LogP contribution in [0.3, 0.4) is 0 Å². The molecule has 0 atom stereocenters. The van der Waals surface area contributed by atoms with E-state index in [2.05, 4.69) is 32.6 Å². The summed E-state index contributed by atoms with van der Waals surface area (Å²) in [4.78, 5) is 16.6. The monoisotopic (exact) mass is 478 g/mol. The molecule has 0 saturated heterocycles. The quantitative estimate of drug-likeness (QED) is 0.382. The third kappa shape index (κ3) is 7.16. The van der Waals surface area contributed by atoms with E-state index in [1.54, 1.807) is 49.4 Å². The molecular weight excluding hydrogens is 447 g/mol. The molecule has 7 heteroatoms. The van der Waals surface area contributed by atoms with Gasteiger partial charge in [0.1, 0.15) is 6.61 Å². The number of hydrogen-bond donors (Lipinski definition) is 0. The highest BCUT2D eigenvalue weighted by Gasteiger charge is 2.15. The smallest absolute Gasteiger partial charge is 0.250 e. The predicted molar refractivity (Wildman–Crippen MR) is 134 cm³/mol. The Morgan fingerprint density at radius 2 is 1.69 bits per heavy atom. The summed E-state index contributed by atoms with van der Waals surface area (Å²) in [6, 6.07) is 11.5. The zero-order valence-electron chi connectivity index (χ0n) is 19.6. The van der Waals surface area contributed by atoms with Gasteiger partial charge in [-0.3, -0.25) is 9.69 Å². The van der Waals surface area contributed by atoms with Crippen LogP contribution in [-0.2, 0) is 4.79 Å². The van der Waals surface area contributed by atoms with Crippen LogP contribution in [0, 0.1) is 0 Å². The average Bonchev–Trinajstić information content (AvgIpc) is 2.76. The van der Waals surface area contributed by atoms with Gasteiger partial charge in [0, 0.05) is 43.5 Å². The summed E-state index contributed by atoms with van der Waals surface area (Å²) < 4.78 is 11.5. The van der Waals surface area contributed by atoms with Gasteiger partial charge in [0.05, 0.1) is 17.2 Å². The third-order valence-corrected chi connectivity index (χ3v) is 5.90. The highest BCUT2D eigenvalue weighted by Crippen LogP contribution is 2.32. The van der Waals surface area contributed by atoms with Crippen LogP contribution in [0.15, 0.2) is 42.5 Å². The number of carbonyl (C=O) groups is 1. The second kappa shape index (κ2) is 12.1. The van der Waals surface area contributed by atoms with Gasteiger partial charge in [0.25, 0.3) is 5.91 Å². The molecule has 32 heavy (non-hydrogen) atoms. The third-order valence-electron chi connectivity index (χ3n) is 5.16. The molecule has 0 fully saturated rings. The lowest BCUT2D eigenvalue weighted by Crippen LogP contribution is -2.39. The van der Waals surface area contributed by atoms with Gasteiger partial charge >= 0.3 is 0 Å². The minimum atomic E-state index is -0.182. The number of benzene rings is 2. The van der Waals surface area contributed by atoms with Crippen LogP contribution in [-0.4, -0.2) is 50.2 Å². The number of ether oxygens (including phenoxy) is 2. The van der Waals surface area contributed by atoms with E-state index in [1.807, 2.05) is 12.1 Å². The second-order valence-electron chi connectivity index (χ2n) is 8.01. The van der Waals surface area contributed by atoms with Gasteiger partial charge in [-0.25, -0.2) is 0 Å². The van der Waals surface area contributed by atoms with Crippen molar-refractivity contribution in [3.8, 4) is 11.5 Å². The predicted octanol–water partition coefficient (Wildman–Crippen LogP) is 6.18. The molecule has 1 amide bonds. The molecule has 0 N–H and O–H groups in total. The number of amides is 1. The number of rotatable bonds is 10. The normalized spacial score (nSPS) is 11.6. The summed E-state index contributed by atoms with van der Waals surface area (Å²) in [7, 11) is 3.32. The first-order chi connectivity index (χ1) is 15.1. The van der Waals surface area contributed by atoms with Crippen LogP contribution < -0.4 is 14.4 Å². The molecule has 0 bridgehead atoms. The first kappa shape index (κ1) is 26.0. The number of nitrogens with zero attached hydrogens (tertiary/aromatic N) is 2. The van der Waals surface area contributed by atoms with E-state index in [-0.39, 0.29) is 5.91 Å². The first-order valence-corrected chi connectivity index (χ1v) is 11.4. The summed E-state index contributed by atoms with van der Waals surface area (Å²) in [6.45, 7) is 10.0. The molecule has 0 radical (unpaired) electrons. The lowest BCUT2D eigenvalue weighted by atomic mass is 10.2. The van der Waals surface area contributed by atoms with Gasteiger partial charge in [-0.05, 0) is 63.6 Å². The molecule has 0 aromatic heterocycles. The van der Waals surface area contributed by atoms with Crippen molar-refractivity contribution in [2.24, 2.45) is 0 Å². The van der Waals surface area contributed by atoms with E-state index in [4.69, 9.17) is 32.7 Å². The molecule has 0 spiro atoms. The fraction of sp³-hybridized carbons (Fsp3) is 0.400. The maximum absolute atomic E-state index is 12.7. The number of carbonyl (C=O) groups excluding carboxylic acids is 1. The van der Waals surface area contributed by atoms with Gasteiger partial charge in [-0.1, -0.05) is 29.3 Å². The van der Waals surface area contributed by atoms with E-state index >= 15 is 0 Å². The lowest BCUT2D eigenvalue weighted by molar-refractivity contribution is -0.113. The maximum Gasteiger partial charge on any atom is 0.250 e. The van der Waals surface area contributed by atoms with Gasteiger partial charge in [-0.2, -0.15) is 0 Å². The van der Waals surface area contributed by atoms with Crippen molar-refractivity contribution in [3.05, 3.63) is 58.1 Å². The molecule has 5 nitrogen and oxygen atoms in total. The Morgan fingerprint density at radius 1 is 1.00 bits per heavy atom. The van der Waals surface area contributed by atoms with Crippen LogP contribution in [0.25, 0.3) is 6.08 Å². The molecule has 0 aliphatic rings. The van der Waals surface area contributed by atoms with Crippen molar-refractivity contribution in [2.45, 2.75) is 39.8 Å². The minimum Gasteiger partial charge on any atom is -0.493 e. The number of halogens is 2. The molecule has 0 aliphatic heterocycles. The van der Waals surface area contributed by atoms with Crippen LogP contribution in [0.5, 0.6) is 11.5 Å². The summed E-state index contributed by atoms with van der Waals surface area (Å²) >= 11 is 12.0. The fourth-order valence-electron chi connectivity index (χ4n) is 3.38. The van der Waals surface area contributed by atoms with Gasteiger partial charge in [-0.15, -0.1) is 0 Å². The fourth-order valence-corrected chi connectivity index (χ4v) is 3.69. The van der Waals surface area contributed by atoms with Crippen LogP contribution in [0.1, 0.15) is 33.3 Å². The van der Waals surface area contributed by atoms with E-state index in [9.17, 15) is 4.79 Å². The second-order valence-corrected chi connectivity index (χ2v) is 8.83. The molecule has 0 unspecified atom stereocenters. The van der Waals surface area contributed by atoms with Gasteiger partial charge in [0.15, 0.2) is 11.5 Å². The molecule has 2 aromatic carbocycles. The van der Waals surface area contributed by atoms with Crippen molar-refractivity contribution in [1.82, 2.24) is 4.90 Å². The Labute approximate surface area is 201 Å². The Kier molecular flexibility index (Phi) is 9.88. The van der Waals surface area contributed by atoms with Gasteiger partial charge in [0.2, 0.25) is 0 Å². The molecule has 2 rings (SSSR count). The van der Waals surface area contributed by atoms with Crippen LogP contribution >= 0.6 is 23.2 Å². The molecule has 174 valence electrons. The summed E-state index contributed by atoms with van der Waals surface area (Å²) in [6.07, 6.45) is 3.20. The van der Waals surface area contributed by atoms with Crippen molar-refractivity contribution in [1.29, 1.82) is 0 Å². The maximum atomic E-state index is 12.7. The Morgan fingerprint density at radius 3 is 2.28 bits per heavy atom. The Balaban J connectivity index is 2.10.